The van der Waals surface area contributed by atoms with Gasteiger partial charge in [-0.3, -0.25) is 4.57 Å². The maximum absolute atomic E-state index is 10.8. The molecule has 3 rings (SSSR count). The fraction of sp³-hybridized carbons (Fsp3) is 0.400. The average molecular weight is 460 g/mol. The summed E-state index contributed by atoms with van der Waals surface area (Å²) >= 11 is 12.8. The second kappa shape index (κ2) is 10.2. The van der Waals surface area contributed by atoms with Gasteiger partial charge in [-0.25, -0.2) is 0 Å². The van der Waals surface area contributed by atoms with Crippen molar-refractivity contribution in [3.63, 3.8) is 0 Å². The maximum Gasteiger partial charge on any atom is 0.316 e. The van der Waals surface area contributed by atoms with Crippen LogP contribution in [0, 0.1) is 0 Å². The molecule has 3 N–H and O–H groups in total. The molecule has 0 radical (unpaired) electrons. The van der Waals surface area contributed by atoms with Crippen LogP contribution in [-0.2, 0) is 9.09 Å². The Kier molecular flexibility index (Phi) is 7.85. The first-order valence-corrected chi connectivity index (χ1v) is 11.3. The summed E-state index contributed by atoms with van der Waals surface area (Å²) < 4.78 is 27.0. The van der Waals surface area contributed by atoms with Crippen LogP contribution in [0.2, 0.25) is 10.0 Å². The average Bonchev–Trinajstić information content (AvgIpc) is 3.09. The van der Waals surface area contributed by atoms with Crippen LogP contribution in [0.25, 0.3) is 0 Å². The van der Waals surface area contributed by atoms with Crippen LogP contribution < -0.4 is 15.2 Å². The van der Waals surface area contributed by atoms with Crippen molar-refractivity contribution in [1.82, 2.24) is 0 Å². The Morgan fingerprint density at radius 1 is 1.14 bits per heavy atom. The number of halogens is 2. The van der Waals surface area contributed by atoms with Gasteiger partial charge < -0.3 is 24.6 Å². The fourth-order valence-electron chi connectivity index (χ4n) is 3.55. The van der Waals surface area contributed by atoms with Gasteiger partial charge in [-0.05, 0) is 55.0 Å². The lowest BCUT2D eigenvalue weighted by Crippen LogP contribution is -2.41. The SMILES string of the molecule is N[C@]1(CO[PH](=O)O)CC[C@@H](c2cc(Cl)c(OCCOc3ccccc3)c(Cl)c2)C1. The monoisotopic (exact) mass is 459 g/mol. The molecule has 0 bridgehead atoms. The number of hydrogen-bond acceptors (Lipinski definition) is 5. The summed E-state index contributed by atoms with van der Waals surface area (Å²) in [7, 11) is -2.99. The predicted molar refractivity (Wildman–Crippen MR) is 115 cm³/mol. The Morgan fingerprint density at radius 3 is 2.45 bits per heavy atom. The van der Waals surface area contributed by atoms with E-state index in [-0.39, 0.29) is 12.5 Å². The van der Waals surface area contributed by atoms with E-state index in [0.717, 1.165) is 17.7 Å². The van der Waals surface area contributed by atoms with E-state index in [2.05, 4.69) is 0 Å². The lowest BCUT2D eigenvalue weighted by Gasteiger charge is -2.23. The van der Waals surface area contributed by atoms with Crippen LogP contribution in [0.5, 0.6) is 11.5 Å². The molecular formula is C20H24Cl2NO5P. The van der Waals surface area contributed by atoms with E-state index in [4.69, 9.17) is 47.8 Å². The summed E-state index contributed by atoms with van der Waals surface area (Å²) in [5, 5.41) is 0.858. The zero-order valence-electron chi connectivity index (χ0n) is 15.8. The van der Waals surface area contributed by atoms with Gasteiger partial charge in [-0.15, -0.1) is 0 Å². The molecule has 1 unspecified atom stereocenters. The number of benzene rings is 2. The summed E-state index contributed by atoms with van der Waals surface area (Å²) in [6, 6.07) is 13.2. The summed E-state index contributed by atoms with van der Waals surface area (Å²) in [4.78, 5) is 8.88. The molecule has 1 saturated carbocycles. The summed E-state index contributed by atoms with van der Waals surface area (Å²) in [6.45, 7) is 0.730. The number of nitrogens with two attached hydrogens (primary N) is 1. The molecule has 0 spiro atoms. The van der Waals surface area contributed by atoms with Crippen molar-refractivity contribution in [1.29, 1.82) is 0 Å². The Balaban J connectivity index is 1.57. The molecule has 158 valence electrons. The quantitative estimate of drug-likeness (QED) is 0.412. The summed E-state index contributed by atoms with van der Waals surface area (Å²) in [6.07, 6.45) is 2.14. The maximum atomic E-state index is 10.8. The zero-order valence-corrected chi connectivity index (χ0v) is 18.3. The highest BCUT2D eigenvalue weighted by Crippen LogP contribution is 2.44. The van der Waals surface area contributed by atoms with Crippen molar-refractivity contribution in [3.8, 4) is 11.5 Å². The number of para-hydroxylation sites is 1. The fourth-order valence-corrected chi connectivity index (χ4v) is 4.57. The summed E-state index contributed by atoms with van der Waals surface area (Å²) in [5.41, 5.74) is 6.65. The van der Waals surface area contributed by atoms with Gasteiger partial charge in [0.2, 0.25) is 0 Å². The highest BCUT2D eigenvalue weighted by molar-refractivity contribution is 7.32. The third-order valence-electron chi connectivity index (χ3n) is 4.96. The Morgan fingerprint density at radius 2 is 1.79 bits per heavy atom. The molecule has 0 aliphatic heterocycles. The van der Waals surface area contributed by atoms with Crippen molar-refractivity contribution in [2.24, 2.45) is 5.73 Å². The highest BCUT2D eigenvalue weighted by atomic mass is 35.5. The molecule has 1 aliphatic carbocycles. The second-order valence-corrected chi connectivity index (χ2v) is 8.82. The Labute approximate surface area is 180 Å². The number of hydrogen-bond donors (Lipinski definition) is 2. The molecule has 0 saturated heterocycles. The van der Waals surface area contributed by atoms with Gasteiger partial charge in [0.05, 0.1) is 16.7 Å². The van der Waals surface area contributed by atoms with Gasteiger partial charge in [0.25, 0.3) is 0 Å². The minimum Gasteiger partial charge on any atom is -0.490 e. The molecule has 0 heterocycles. The molecule has 29 heavy (non-hydrogen) atoms. The Bertz CT molecular complexity index is 831. The van der Waals surface area contributed by atoms with Crippen molar-refractivity contribution in [3.05, 3.63) is 58.1 Å². The molecule has 2 aromatic carbocycles. The van der Waals surface area contributed by atoms with Gasteiger partial charge in [0.15, 0.2) is 5.75 Å². The van der Waals surface area contributed by atoms with E-state index < -0.39 is 13.8 Å². The third-order valence-corrected chi connectivity index (χ3v) is 5.91. The molecule has 0 aromatic heterocycles. The van der Waals surface area contributed by atoms with E-state index >= 15 is 0 Å². The lowest BCUT2D eigenvalue weighted by atomic mass is 9.93. The topological polar surface area (TPSA) is 91.0 Å². The van der Waals surface area contributed by atoms with Gasteiger partial charge >= 0.3 is 8.25 Å². The molecule has 3 atom stereocenters. The van der Waals surface area contributed by atoms with Crippen LogP contribution in [0.3, 0.4) is 0 Å². The number of ether oxygens (including phenoxy) is 2. The molecule has 9 heteroatoms. The van der Waals surface area contributed by atoms with Crippen molar-refractivity contribution in [2.75, 3.05) is 19.8 Å². The van der Waals surface area contributed by atoms with Crippen LogP contribution in [0.1, 0.15) is 30.7 Å². The van der Waals surface area contributed by atoms with E-state index in [1.807, 2.05) is 42.5 Å². The van der Waals surface area contributed by atoms with E-state index in [1.54, 1.807) is 0 Å². The highest BCUT2D eigenvalue weighted by Gasteiger charge is 2.37. The first-order chi connectivity index (χ1) is 13.9. The second-order valence-electron chi connectivity index (χ2n) is 7.18. The van der Waals surface area contributed by atoms with Crippen molar-refractivity contribution in [2.45, 2.75) is 30.7 Å². The standard InChI is InChI=1S/C20H24Cl2NO5P/c21-17-10-15(14-6-7-20(23,12-14)13-28-29(24)25)11-18(22)19(17)27-9-8-26-16-4-2-1-3-5-16/h1-5,10-11,14,29H,6-9,12-13,23H2,(H,24,25)/t14-,20-/m1/s1. The van der Waals surface area contributed by atoms with Gasteiger partial charge in [0, 0.05) is 5.54 Å². The van der Waals surface area contributed by atoms with Crippen molar-refractivity contribution < 1.29 is 23.5 Å². The van der Waals surface area contributed by atoms with E-state index in [9.17, 15) is 4.57 Å². The Hall–Kier alpha value is -1.27. The predicted octanol–water partition coefficient (Wildman–Crippen LogP) is 4.81. The van der Waals surface area contributed by atoms with Crippen LogP contribution in [0.15, 0.2) is 42.5 Å². The minimum absolute atomic E-state index is 0.0574. The minimum atomic E-state index is -2.99. The van der Waals surface area contributed by atoms with Crippen LogP contribution >= 0.6 is 31.5 Å². The van der Waals surface area contributed by atoms with Crippen molar-refractivity contribution >= 4 is 31.5 Å². The molecule has 6 nitrogen and oxygen atoms in total. The summed E-state index contributed by atoms with van der Waals surface area (Å²) in [5.74, 6) is 1.34. The molecular weight excluding hydrogens is 436 g/mol. The normalized spacial score (nSPS) is 22.4. The molecule has 0 amide bonds. The smallest absolute Gasteiger partial charge is 0.316 e. The molecule has 1 aliphatic rings. The largest absolute Gasteiger partial charge is 0.490 e. The van der Waals surface area contributed by atoms with Crippen LogP contribution in [0.4, 0.5) is 0 Å². The molecule has 1 fully saturated rings. The molecule has 2 aromatic rings. The van der Waals surface area contributed by atoms with E-state index in [0.29, 0.717) is 41.9 Å². The third kappa shape index (κ3) is 6.35. The van der Waals surface area contributed by atoms with E-state index in [1.165, 1.54) is 0 Å². The van der Waals surface area contributed by atoms with Gasteiger partial charge in [-0.1, -0.05) is 41.4 Å². The van der Waals surface area contributed by atoms with Crippen LogP contribution in [-0.4, -0.2) is 30.3 Å². The first-order valence-electron chi connectivity index (χ1n) is 9.30. The number of rotatable bonds is 9. The first kappa shape index (κ1) is 22.4. The zero-order chi connectivity index (χ0) is 20.9. The van der Waals surface area contributed by atoms with Gasteiger partial charge in [-0.2, -0.15) is 0 Å². The van der Waals surface area contributed by atoms with Gasteiger partial charge in [0.1, 0.15) is 19.0 Å². The lowest BCUT2D eigenvalue weighted by molar-refractivity contribution is 0.206.